The number of aryl methyl sites for hydroxylation is 2. The largest absolute Gasteiger partial charge is 0.204 e. The van der Waals surface area contributed by atoms with Gasteiger partial charge in [0.2, 0.25) is 0 Å². The fourth-order valence-corrected chi connectivity index (χ4v) is 2.97. The summed E-state index contributed by atoms with van der Waals surface area (Å²) >= 11 is 6.43. The molecule has 0 heterocycles. The lowest BCUT2D eigenvalue weighted by Gasteiger charge is -2.20. The van der Waals surface area contributed by atoms with Crippen molar-refractivity contribution in [2.45, 2.75) is 33.1 Å². The zero-order valence-corrected chi connectivity index (χ0v) is 13.1. The molecule has 0 aliphatic carbocycles. The fraction of sp³-hybridized carbons (Fsp3) is 0.294. The third-order valence-corrected chi connectivity index (χ3v) is 4.45. The van der Waals surface area contributed by atoms with E-state index in [1.807, 2.05) is 33.8 Å². The minimum absolute atomic E-state index is 0.212. The number of alkyl halides is 1. The van der Waals surface area contributed by atoms with Crippen molar-refractivity contribution in [2.24, 2.45) is 0 Å². The van der Waals surface area contributed by atoms with Crippen LogP contribution in [0.3, 0.4) is 0 Å². The highest BCUT2D eigenvalue weighted by Gasteiger charge is 2.21. The van der Waals surface area contributed by atoms with Crippen molar-refractivity contribution in [3.63, 3.8) is 0 Å². The molecule has 0 amide bonds. The summed E-state index contributed by atoms with van der Waals surface area (Å²) in [4.78, 5) is 0. The maximum Gasteiger partial charge on any atom is 0.194 e. The minimum atomic E-state index is -1.48. The Kier molecular flexibility index (Phi) is 4.33. The summed E-state index contributed by atoms with van der Waals surface area (Å²) in [6, 6.07) is 3.95. The number of benzene rings is 2. The van der Waals surface area contributed by atoms with E-state index in [2.05, 4.69) is 0 Å². The van der Waals surface area contributed by atoms with Crippen LogP contribution in [0, 0.1) is 45.1 Å². The lowest BCUT2D eigenvalue weighted by Crippen LogP contribution is -2.05. The molecule has 0 aliphatic heterocycles. The minimum Gasteiger partial charge on any atom is -0.204 e. The first kappa shape index (κ1) is 15.9. The third kappa shape index (κ3) is 2.80. The van der Waals surface area contributed by atoms with Crippen molar-refractivity contribution in [1.82, 2.24) is 0 Å². The summed E-state index contributed by atoms with van der Waals surface area (Å²) in [5.41, 5.74) is 5.10. The molecule has 0 saturated carbocycles. The normalized spacial score (nSPS) is 12.6. The molecule has 2 rings (SSSR count). The van der Waals surface area contributed by atoms with Crippen LogP contribution in [0.4, 0.5) is 13.2 Å². The van der Waals surface area contributed by atoms with Crippen molar-refractivity contribution in [3.05, 3.63) is 69.0 Å². The molecule has 0 saturated heterocycles. The standard InChI is InChI=1S/C17H16ClF3/c1-8-5-9(2)11(4)15(10(8)3)16(18)12-6-13(19)17(21)14(20)7-12/h5-7,16H,1-4H3. The van der Waals surface area contributed by atoms with Gasteiger partial charge in [-0.25, -0.2) is 13.2 Å². The summed E-state index contributed by atoms with van der Waals surface area (Å²) in [5, 5.41) is -0.729. The fourth-order valence-electron chi connectivity index (χ4n) is 2.52. The first-order chi connectivity index (χ1) is 9.73. The van der Waals surface area contributed by atoms with Crippen LogP contribution >= 0.6 is 11.6 Å². The van der Waals surface area contributed by atoms with Crippen LogP contribution in [0.15, 0.2) is 18.2 Å². The Hall–Kier alpha value is -1.48. The van der Waals surface area contributed by atoms with E-state index in [-0.39, 0.29) is 5.56 Å². The Bertz CT molecular complexity index is 658. The van der Waals surface area contributed by atoms with E-state index in [1.165, 1.54) is 0 Å². The summed E-state index contributed by atoms with van der Waals surface area (Å²) in [5.74, 6) is -3.93. The summed E-state index contributed by atoms with van der Waals surface area (Å²) in [6.45, 7) is 7.76. The van der Waals surface area contributed by atoms with Crippen LogP contribution in [0.2, 0.25) is 0 Å². The van der Waals surface area contributed by atoms with Gasteiger partial charge < -0.3 is 0 Å². The smallest absolute Gasteiger partial charge is 0.194 e. The Morgan fingerprint density at radius 2 is 1.24 bits per heavy atom. The van der Waals surface area contributed by atoms with Crippen LogP contribution in [0.25, 0.3) is 0 Å². The number of hydrogen-bond acceptors (Lipinski definition) is 0. The average Bonchev–Trinajstić information content (AvgIpc) is 2.42. The van der Waals surface area contributed by atoms with Crippen LogP contribution in [-0.4, -0.2) is 0 Å². The van der Waals surface area contributed by atoms with E-state index < -0.39 is 22.8 Å². The molecule has 0 aliphatic rings. The second kappa shape index (κ2) is 5.72. The molecule has 2 aromatic carbocycles. The molecule has 0 spiro atoms. The highest BCUT2D eigenvalue weighted by Crippen LogP contribution is 2.36. The Morgan fingerprint density at radius 1 is 0.810 bits per heavy atom. The Labute approximate surface area is 127 Å². The number of hydrogen-bond donors (Lipinski definition) is 0. The molecule has 0 fully saturated rings. The van der Waals surface area contributed by atoms with Gasteiger partial charge in [0.15, 0.2) is 17.5 Å². The van der Waals surface area contributed by atoms with E-state index in [9.17, 15) is 13.2 Å². The van der Waals surface area contributed by atoms with Crippen LogP contribution in [0.5, 0.6) is 0 Å². The molecule has 0 bridgehead atoms. The maximum absolute atomic E-state index is 13.4. The van der Waals surface area contributed by atoms with Gasteiger partial charge in [0.1, 0.15) is 0 Å². The lowest BCUT2D eigenvalue weighted by atomic mass is 9.90. The molecular formula is C17H16ClF3. The monoisotopic (exact) mass is 312 g/mol. The molecule has 0 aromatic heterocycles. The zero-order valence-electron chi connectivity index (χ0n) is 12.3. The molecule has 1 unspecified atom stereocenters. The summed E-state index contributed by atoms with van der Waals surface area (Å²) in [6.07, 6.45) is 0. The average molecular weight is 313 g/mol. The van der Waals surface area contributed by atoms with Gasteiger partial charge in [-0.15, -0.1) is 11.6 Å². The molecule has 1 atom stereocenters. The van der Waals surface area contributed by atoms with Gasteiger partial charge >= 0.3 is 0 Å². The Balaban J connectivity index is 2.63. The van der Waals surface area contributed by atoms with E-state index in [0.717, 1.165) is 39.9 Å². The van der Waals surface area contributed by atoms with Gasteiger partial charge in [0, 0.05) is 0 Å². The van der Waals surface area contributed by atoms with E-state index in [1.54, 1.807) is 0 Å². The Morgan fingerprint density at radius 3 is 1.67 bits per heavy atom. The number of rotatable bonds is 2. The van der Waals surface area contributed by atoms with E-state index >= 15 is 0 Å². The second-order valence-corrected chi connectivity index (χ2v) is 5.77. The summed E-state index contributed by atoms with van der Waals surface area (Å²) in [7, 11) is 0. The van der Waals surface area contributed by atoms with Gasteiger partial charge in [-0.1, -0.05) is 6.07 Å². The first-order valence-corrected chi connectivity index (χ1v) is 7.03. The van der Waals surface area contributed by atoms with Crippen molar-refractivity contribution in [2.75, 3.05) is 0 Å². The van der Waals surface area contributed by atoms with Gasteiger partial charge in [-0.2, -0.15) is 0 Å². The van der Waals surface area contributed by atoms with Crippen molar-refractivity contribution in [3.8, 4) is 0 Å². The number of halogens is 4. The molecule has 2 aromatic rings. The quantitative estimate of drug-likeness (QED) is 0.495. The van der Waals surface area contributed by atoms with Gasteiger partial charge in [-0.05, 0) is 73.2 Å². The zero-order chi connectivity index (χ0) is 15.9. The molecular weight excluding hydrogens is 297 g/mol. The second-order valence-electron chi connectivity index (χ2n) is 5.34. The van der Waals surface area contributed by atoms with Gasteiger partial charge in [-0.3, -0.25) is 0 Å². The molecule has 0 radical (unpaired) electrons. The predicted molar refractivity (Wildman–Crippen MR) is 79.4 cm³/mol. The van der Waals surface area contributed by atoms with E-state index in [4.69, 9.17) is 11.6 Å². The van der Waals surface area contributed by atoms with E-state index in [0.29, 0.717) is 0 Å². The first-order valence-electron chi connectivity index (χ1n) is 6.59. The molecule has 4 heteroatoms. The summed E-state index contributed by atoms with van der Waals surface area (Å²) < 4.78 is 39.9. The molecule has 0 nitrogen and oxygen atoms in total. The van der Waals surface area contributed by atoms with Crippen LogP contribution < -0.4 is 0 Å². The molecule has 21 heavy (non-hydrogen) atoms. The third-order valence-electron chi connectivity index (χ3n) is 3.98. The predicted octanol–water partition coefficient (Wildman–Crippen LogP) is 5.67. The highest BCUT2D eigenvalue weighted by molar-refractivity contribution is 6.22. The lowest BCUT2D eigenvalue weighted by molar-refractivity contribution is 0.445. The molecule has 112 valence electrons. The highest BCUT2D eigenvalue weighted by atomic mass is 35.5. The SMILES string of the molecule is Cc1cc(C)c(C)c(C(Cl)c2cc(F)c(F)c(F)c2)c1C. The maximum atomic E-state index is 13.4. The van der Waals surface area contributed by atoms with Crippen molar-refractivity contribution < 1.29 is 13.2 Å². The van der Waals surface area contributed by atoms with Crippen molar-refractivity contribution >= 4 is 11.6 Å². The van der Waals surface area contributed by atoms with Gasteiger partial charge in [0.25, 0.3) is 0 Å². The van der Waals surface area contributed by atoms with Gasteiger partial charge in [0.05, 0.1) is 5.38 Å². The van der Waals surface area contributed by atoms with Crippen LogP contribution in [0.1, 0.15) is 38.8 Å². The topological polar surface area (TPSA) is 0 Å². The van der Waals surface area contributed by atoms with Crippen LogP contribution in [-0.2, 0) is 0 Å². The van der Waals surface area contributed by atoms with Crippen molar-refractivity contribution in [1.29, 1.82) is 0 Å². The molecule has 0 N–H and O–H groups in total.